The number of piperidine rings is 1. The monoisotopic (exact) mass is 254 g/mol. The molecule has 0 amide bonds. The van der Waals surface area contributed by atoms with Crippen molar-refractivity contribution >= 4 is 11.9 Å². The van der Waals surface area contributed by atoms with E-state index in [4.69, 9.17) is 10.6 Å². The first kappa shape index (κ1) is 12.8. The fraction of sp³-hybridized carbons (Fsp3) is 0.700. The molecular formula is C10H18N6O2. The fourth-order valence-corrected chi connectivity index (χ4v) is 1.81. The molecule has 0 unspecified atom stereocenters. The van der Waals surface area contributed by atoms with Crippen molar-refractivity contribution in [2.75, 3.05) is 30.0 Å². The van der Waals surface area contributed by atoms with Crippen LogP contribution in [0.5, 0.6) is 6.01 Å². The summed E-state index contributed by atoms with van der Waals surface area (Å²) in [5.41, 5.74) is 2.40. The molecule has 4 N–H and O–H groups in total. The van der Waals surface area contributed by atoms with Crippen LogP contribution in [0.25, 0.3) is 0 Å². The highest BCUT2D eigenvalue weighted by Crippen LogP contribution is 2.19. The summed E-state index contributed by atoms with van der Waals surface area (Å²) in [6.45, 7) is 3.75. The van der Waals surface area contributed by atoms with Gasteiger partial charge in [0.1, 0.15) is 0 Å². The molecule has 1 aromatic rings. The first-order chi connectivity index (χ1) is 8.72. The van der Waals surface area contributed by atoms with Gasteiger partial charge in [-0.3, -0.25) is 5.43 Å². The molecule has 1 saturated heterocycles. The second-order valence-electron chi connectivity index (χ2n) is 4.04. The van der Waals surface area contributed by atoms with E-state index < -0.39 is 0 Å². The second-order valence-corrected chi connectivity index (χ2v) is 4.04. The Bertz CT molecular complexity index is 394. The maximum Gasteiger partial charge on any atom is 0.323 e. The Labute approximate surface area is 105 Å². The van der Waals surface area contributed by atoms with Gasteiger partial charge in [-0.2, -0.15) is 15.0 Å². The Balaban J connectivity index is 2.17. The topological polar surface area (TPSA) is 109 Å². The number of nitrogen functional groups attached to an aromatic ring is 1. The summed E-state index contributed by atoms with van der Waals surface area (Å²) in [6.07, 6.45) is 1.18. The first-order valence-corrected chi connectivity index (χ1v) is 6.01. The molecular weight excluding hydrogens is 236 g/mol. The van der Waals surface area contributed by atoms with Crippen LogP contribution in [0.2, 0.25) is 0 Å². The van der Waals surface area contributed by atoms with E-state index in [1.807, 2.05) is 11.8 Å². The predicted molar refractivity (Wildman–Crippen MR) is 66.3 cm³/mol. The standard InChI is InChI=1S/C10H18N6O2/c1-2-18-10-13-8(15-11)12-9(14-10)16-5-3-7(17)4-6-16/h7,17H,2-6,11H2,1H3,(H,12,13,14,15). The molecule has 8 heteroatoms. The van der Waals surface area contributed by atoms with Crippen LogP contribution in [0.4, 0.5) is 11.9 Å². The van der Waals surface area contributed by atoms with Crippen molar-refractivity contribution in [1.29, 1.82) is 0 Å². The Morgan fingerprint density at radius 3 is 2.72 bits per heavy atom. The molecule has 0 saturated carbocycles. The van der Waals surface area contributed by atoms with Crippen molar-refractivity contribution in [3.05, 3.63) is 0 Å². The van der Waals surface area contributed by atoms with Gasteiger partial charge >= 0.3 is 6.01 Å². The van der Waals surface area contributed by atoms with Gasteiger partial charge in [0.15, 0.2) is 0 Å². The largest absolute Gasteiger partial charge is 0.464 e. The van der Waals surface area contributed by atoms with Crippen molar-refractivity contribution in [3.63, 3.8) is 0 Å². The van der Waals surface area contributed by atoms with Crippen LogP contribution >= 0.6 is 0 Å². The third-order valence-electron chi connectivity index (χ3n) is 2.75. The molecule has 2 rings (SSSR count). The van der Waals surface area contributed by atoms with E-state index in [9.17, 15) is 5.11 Å². The Morgan fingerprint density at radius 1 is 1.39 bits per heavy atom. The third-order valence-corrected chi connectivity index (χ3v) is 2.75. The zero-order valence-electron chi connectivity index (χ0n) is 10.3. The number of rotatable bonds is 4. The summed E-state index contributed by atoms with van der Waals surface area (Å²) >= 11 is 0. The van der Waals surface area contributed by atoms with E-state index in [1.54, 1.807) is 0 Å². The van der Waals surface area contributed by atoms with E-state index in [1.165, 1.54) is 0 Å². The zero-order chi connectivity index (χ0) is 13.0. The Morgan fingerprint density at radius 2 is 2.11 bits per heavy atom. The van der Waals surface area contributed by atoms with Gasteiger partial charge in [-0.25, -0.2) is 5.84 Å². The molecule has 0 radical (unpaired) electrons. The minimum Gasteiger partial charge on any atom is -0.464 e. The third kappa shape index (κ3) is 2.96. The summed E-state index contributed by atoms with van der Waals surface area (Å²) in [4.78, 5) is 14.4. The molecule has 0 aromatic carbocycles. The van der Waals surface area contributed by atoms with Crippen LogP contribution in [-0.4, -0.2) is 45.9 Å². The van der Waals surface area contributed by atoms with Gasteiger partial charge < -0.3 is 14.7 Å². The summed E-state index contributed by atoms with van der Waals surface area (Å²) in [5.74, 6) is 6.11. The van der Waals surface area contributed by atoms with Gasteiger partial charge in [0, 0.05) is 13.1 Å². The maximum atomic E-state index is 9.48. The normalized spacial score (nSPS) is 16.7. The minimum atomic E-state index is -0.235. The van der Waals surface area contributed by atoms with Crippen molar-refractivity contribution < 1.29 is 9.84 Å². The van der Waals surface area contributed by atoms with Gasteiger partial charge in [-0.1, -0.05) is 0 Å². The number of anilines is 2. The van der Waals surface area contributed by atoms with Gasteiger partial charge in [0.25, 0.3) is 0 Å². The minimum absolute atomic E-state index is 0.235. The highest BCUT2D eigenvalue weighted by atomic mass is 16.5. The number of aliphatic hydroxyl groups is 1. The smallest absolute Gasteiger partial charge is 0.323 e. The van der Waals surface area contributed by atoms with E-state index in [2.05, 4.69) is 20.4 Å². The molecule has 2 heterocycles. The maximum absolute atomic E-state index is 9.48. The van der Waals surface area contributed by atoms with E-state index in [0.717, 1.165) is 0 Å². The van der Waals surface area contributed by atoms with Gasteiger partial charge in [-0.05, 0) is 19.8 Å². The van der Waals surface area contributed by atoms with Crippen molar-refractivity contribution in [2.24, 2.45) is 5.84 Å². The van der Waals surface area contributed by atoms with Gasteiger partial charge in [0.2, 0.25) is 11.9 Å². The van der Waals surface area contributed by atoms with Crippen LogP contribution in [0.1, 0.15) is 19.8 Å². The molecule has 100 valence electrons. The van der Waals surface area contributed by atoms with E-state index in [0.29, 0.717) is 38.5 Å². The number of hydrogen-bond donors (Lipinski definition) is 3. The van der Waals surface area contributed by atoms with Crippen LogP contribution in [0, 0.1) is 0 Å². The van der Waals surface area contributed by atoms with Crippen LogP contribution in [0.15, 0.2) is 0 Å². The number of nitrogens with zero attached hydrogens (tertiary/aromatic N) is 4. The van der Waals surface area contributed by atoms with E-state index >= 15 is 0 Å². The lowest BCUT2D eigenvalue weighted by Crippen LogP contribution is -2.37. The number of nitrogens with two attached hydrogens (primary N) is 1. The molecule has 18 heavy (non-hydrogen) atoms. The molecule has 0 aliphatic carbocycles. The first-order valence-electron chi connectivity index (χ1n) is 6.01. The molecule has 0 atom stereocenters. The molecule has 0 spiro atoms. The van der Waals surface area contributed by atoms with Crippen LogP contribution in [0.3, 0.4) is 0 Å². The lowest BCUT2D eigenvalue weighted by atomic mass is 10.1. The number of aromatic nitrogens is 3. The van der Waals surface area contributed by atoms with Crippen LogP contribution in [-0.2, 0) is 0 Å². The lowest BCUT2D eigenvalue weighted by molar-refractivity contribution is 0.145. The molecule has 0 bridgehead atoms. The number of nitrogens with one attached hydrogen (secondary N) is 1. The second kappa shape index (κ2) is 5.78. The van der Waals surface area contributed by atoms with Gasteiger partial charge in [0.05, 0.1) is 12.7 Å². The number of hydrogen-bond acceptors (Lipinski definition) is 8. The number of hydrazine groups is 1. The summed E-state index contributed by atoms with van der Waals surface area (Å²) < 4.78 is 5.27. The summed E-state index contributed by atoms with van der Waals surface area (Å²) in [7, 11) is 0. The molecule has 1 aromatic heterocycles. The highest BCUT2D eigenvalue weighted by Gasteiger charge is 2.20. The number of aliphatic hydroxyl groups excluding tert-OH is 1. The Kier molecular flexibility index (Phi) is 4.11. The summed E-state index contributed by atoms with van der Waals surface area (Å²) in [5, 5.41) is 9.48. The average Bonchev–Trinajstić information content (AvgIpc) is 2.39. The van der Waals surface area contributed by atoms with Gasteiger partial charge in [-0.15, -0.1) is 0 Å². The molecule has 1 aliphatic rings. The fourth-order valence-electron chi connectivity index (χ4n) is 1.81. The molecule has 1 aliphatic heterocycles. The van der Waals surface area contributed by atoms with Crippen LogP contribution < -0.4 is 20.9 Å². The van der Waals surface area contributed by atoms with E-state index in [-0.39, 0.29) is 18.1 Å². The van der Waals surface area contributed by atoms with Crippen molar-refractivity contribution in [3.8, 4) is 6.01 Å². The quantitative estimate of drug-likeness (QED) is 0.488. The van der Waals surface area contributed by atoms with Crippen molar-refractivity contribution in [2.45, 2.75) is 25.9 Å². The molecule has 1 fully saturated rings. The summed E-state index contributed by atoms with van der Waals surface area (Å²) in [6, 6.07) is 0.251. The Hall–Kier alpha value is -1.67. The highest BCUT2D eigenvalue weighted by molar-refractivity contribution is 5.38. The lowest BCUT2D eigenvalue weighted by Gasteiger charge is -2.29. The number of ether oxygens (including phenoxy) is 1. The SMILES string of the molecule is CCOc1nc(NN)nc(N2CCC(O)CC2)n1. The predicted octanol–water partition coefficient (Wildman–Crippen LogP) is -0.483. The van der Waals surface area contributed by atoms with Crippen molar-refractivity contribution in [1.82, 2.24) is 15.0 Å². The average molecular weight is 254 g/mol. The molecule has 8 nitrogen and oxygen atoms in total. The zero-order valence-corrected chi connectivity index (χ0v) is 10.3.